The van der Waals surface area contributed by atoms with Gasteiger partial charge in [-0.05, 0) is 0 Å². The molecule has 0 aliphatic heterocycles. The second kappa shape index (κ2) is 9.80. The molecule has 0 aromatic carbocycles. The molecule has 0 heterocycles. The molecule has 0 fully saturated rings. The number of aliphatic hydroxyl groups is 1. The molecule has 0 rings (SSSR count). The summed E-state index contributed by atoms with van der Waals surface area (Å²) < 4.78 is 44.0. The van der Waals surface area contributed by atoms with Crippen LogP contribution in [0.25, 0.3) is 0 Å². The van der Waals surface area contributed by atoms with E-state index in [4.69, 9.17) is 39.1 Å². The third-order valence-corrected chi connectivity index (χ3v) is 5.55. The van der Waals surface area contributed by atoms with Crippen molar-refractivity contribution in [2.24, 2.45) is 0 Å². The average Bonchev–Trinajstić information content (AvgIpc) is 2.16. The topological polar surface area (TPSA) is 257 Å². The SMILES string of the molecule is O=P(O)(O)CN(CC(O)CN(CP(=O)(O)O)CP(=O)(O)O)CP(=O)(O)O. The van der Waals surface area contributed by atoms with E-state index in [-0.39, 0.29) is 0 Å². The van der Waals surface area contributed by atoms with E-state index in [9.17, 15) is 23.4 Å². The summed E-state index contributed by atoms with van der Waals surface area (Å²) in [6, 6.07) is 0. The lowest BCUT2D eigenvalue weighted by Crippen LogP contribution is -2.41. The van der Waals surface area contributed by atoms with Crippen molar-refractivity contribution in [3.63, 3.8) is 0 Å². The Morgan fingerprint density at radius 2 is 0.731 bits per heavy atom. The van der Waals surface area contributed by atoms with Gasteiger partial charge in [-0.25, -0.2) is 0 Å². The number of hydrogen-bond donors (Lipinski definition) is 9. The van der Waals surface area contributed by atoms with Gasteiger partial charge in [0.15, 0.2) is 0 Å². The molecule has 0 aromatic rings. The summed E-state index contributed by atoms with van der Waals surface area (Å²) >= 11 is 0. The third kappa shape index (κ3) is 16.6. The summed E-state index contributed by atoms with van der Waals surface area (Å²) in [5, 5.41) is 9.88. The average molecular weight is 466 g/mol. The highest BCUT2D eigenvalue weighted by molar-refractivity contribution is 7.53. The quantitative estimate of drug-likeness (QED) is 0.135. The van der Waals surface area contributed by atoms with E-state index in [0.717, 1.165) is 0 Å². The minimum atomic E-state index is -4.76. The molecule has 0 unspecified atom stereocenters. The molecule has 0 aliphatic carbocycles. The molecule has 0 saturated heterocycles. The Bertz CT molecular complexity index is 530. The van der Waals surface area contributed by atoms with Gasteiger partial charge in [-0.15, -0.1) is 0 Å². The Morgan fingerprint density at radius 3 is 0.885 bits per heavy atom. The van der Waals surface area contributed by atoms with E-state index in [1.807, 2.05) is 0 Å². The fraction of sp³-hybridized carbons (Fsp3) is 1.00. The van der Waals surface area contributed by atoms with Crippen molar-refractivity contribution in [3.05, 3.63) is 0 Å². The van der Waals surface area contributed by atoms with Crippen molar-refractivity contribution in [3.8, 4) is 0 Å². The van der Waals surface area contributed by atoms with Crippen LogP contribution in [-0.4, -0.2) is 98.4 Å². The molecule has 0 atom stereocenters. The van der Waals surface area contributed by atoms with Crippen LogP contribution in [0.3, 0.4) is 0 Å². The lowest BCUT2D eigenvalue weighted by Gasteiger charge is -2.29. The number of hydrogen-bond acceptors (Lipinski definition) is 7. The van der Waals surface area contributed by atoms with E-state index in [2.05, 4.69) is 0 Å². The maximum atomic E-state index is 11.0. The van der Waals surface area contributed by atoms with E-state index in [1.165, 1.54) is 0 Å². The van der Waals surface area contributed by atoms with Gasteiger partial charge < -0.3 is 44.3 Å². The minimum absolute atomic E-state index is 0.541. The molecule has 26 heavy (non-hydrogen) atoms. The van der Waals surface area contributed by atoms with Crippen molar-refractivity contribution in [1.82, 2.24) is 9.80 Å². The first kappa shape index (κ1) is 26.5. The van der Waals surface area contributed by atoms with Crippen molar-refractivity contribution in [2.45, 2.75) is 6.10 Å². The highest BCUT2D eigenvalue weighted by atomic mass is 31.2. The summed E-state index contributed by atoms with van der Waals surface area (Å²) in [6.45, 7) is -1.48. The normalized spacial score (nSPS) is 14.6. The predicted molar refractivity (Wildman–Crippen MR) is 87.1 cm³/mol. The van der Waals surface area contributed by atoms with Crippen molar-refractivity contribution in [2.75, 3.05) is 38.2 Å². The van der Waals surface area contributed by atoms with Gasteiger partial charge in [0.1, 0.15) is 25.1 Å². The van der Waals surface area contributed by atoms with Gasteiger partial charge in [-0.3, -0.25) is 28.1 Å². The zero-order valence-corrected chi connectivity index (χ0v) is 16.7. The lowest BCUT2D eigenvalue weighted by molar-refractivity contribution is 0.0900. The van der Waals surface area contributed by atoms with Gasteiger partial charge in [0.05, 0.1) is 6.10 Å². The van der Waals surface area contributed by atoms with E-state index in [0.29, 0.717) is 9.80 Å². The highest BCUT2D eigenvalue weighted by Crippen LogP contribution is 2.42. The van der Waals surface area contributed by atoms with Crippen LogP contribution in [0, 0.1) is 0 Å². The largest absolute Gasteiger partial charge is 0.390 e. The van der Waals surface area contributed by atoms with Crippen LogP contribution in [0.15, 0.2) is 0 Å². The highest BCUT2D eigenvalue weighted by Gasteiger charge is 2.30. The Hall–Kier alpha value is 0.480. The van der Waals surface area contributed by atoms with Gasteiger partial charge in [0, 0.05) is 13.1 Å². The standard InChI is InChI=1S/C7H22N2O13P4/c10-7(1-8(3-23(11,12)13)4-24(14,15)16)2-9(5-25(17,18)19)6-26(20,21)22/h7,10H,1-6H2,(H2,11,12,13)(H2,14,15,16)(H2,17,18,19)(H2,20,21,22). The van der Waals surface area contributed by atoms with E-state index < -0.39 is 74.7 Å². The fourth-order valence-corrected chi connectivity index (χ4v) is 5.28. The van der Waals surface area contributed by atoms with Crippen molar-refractivity contribution >= 4 is 30.4 Å². The van der Waals surface area contributed by atoms with Gasteiger partial charge in [0.25, 0.3) is 0 Å². The lowest BCUT2D eigenvalue weighted by atomic mass is 10.3. The Morgan fingerprint density at radius 1 is 0.538 bits per heavy atom. The molecular formula is C7H22N2O13P4. The number of rotatable bonds is 12. The third-order valence-electron chi connectivity index (χ3n) is 2.47. The van der Waals surface area contributed by atoms with Gasteiger partial charge >= 0.3 is 30.4 Å². The zero-order valence-electron chi connectivity index (χ0n) is 13.2. The monoisotopic (exact) mass is 466 g/mol. The minimum Gasteiger partial charge on any atom is -0.390 e. The Kier molecular flexibility index (Phi) is 9.98. The zero-order chi connectivity index (χ0) is 21.0. The summed E-state index contributed by atoms with van der Waals surface area (Å²) in [5.41, 5.74) is 0. The van der Waals surface area contributed by atoms with Crippen LogP contribution >= 0.6 is 30.4 Å². The molecule has 9 N–H and O–H groups in total. The molecule has 19 heteroatoms. The molecule has 0 aliphatic rings. The van der Waals surface area contributed by atoms with Crippen molar-refractivity contribution in [1.29, 1.82) is 0 Å². The smallest absolute Gasteiger partial charge is 0.339 e. The maximum absolute atomic E-state index is 11.0. The molecule has 0 bridgehead atoms. The summed E-state index contributed by atoms with van der Waals surface area (Å²) in [5.74, 6) is 0. The van der Waals surface area contributed by atoms with Crippen LogP contribution in [0.4, 0.5) is 0 Å². The molecular weight excluding hydrogens is 444 g/mol. The first-order chi connectivity index (χ1) is 11.3. The summed E-state index contributed by atoms with van der Waals surface area (Å²) in [4.78, 5) is 72.3. The van der Waals surface area contributed by atoms with Crippen LogP contribution in [-0.2, 0) is 18.3 Å². The second-order valence-electron chi connectivity index (χ2n) is 5.59. The molecule has 0 amide bonds. The number of aliphatic hydroxyl groups excluding tert-OH is 1. The van der Waals surface area contributed by atoms with Gasteiger partial charge in [0.2, 0.25) is 0 Å². The van der Waals surface area contributed by atoms with Crippen LogP contribution < -0.4 is 0 Å². The first-order valence-corrected chi connectivity index (χ1v) is 13.8. The van der Waals surface area contributed by atoms with Crippen LogP contribution in [0.2, 0.25) is 0 Å². The van der Waals surface area contributed by atoms with Crippen LogP contribution in [0.5, 0.6) is 0 Å². The molecule has 0 spiro atoms. The molecule has 158 valence electrons. The fourth-order valence-electron chi connectivity index (χ4n) is 2.02. The Labute approximate surface area is 147 Å². The Balaban J connectivity index is 5.14. The molecule has 0 radical (unpaired) electrons. The van der Waals surface area contributed by atoms with E-state index in [1.54, 1.807) is 0 Å². The maximum Gasteiger partial charge on any atom is 0.339 e. The molecule has 0 saturated carbocycles. The molecule has 15 nitrogen and oxygen atoms in total. The van der Waals surface area contributed by atoms with Gasteiger partial charge in [-0.2, -0.15) is 0 Å². The second-order valence-corrected chi connectivity index (χ2v) is 12.0. The summed E-state index contributed by atoms with van der Waals surface area (Å²) in [6.07, 6.45) is -6.16. The van der Waals surface area contributed by atoms with Crippen molar-refractivity contribution < 1.29 is 62.5 Å². The van der Waals surface area contributed by atoms with Crippen LogP contribution in [0.1, 0.15) is 0 Å². The molecule has 0 aromatic heterocycles. The first-order valence-electron chi connectivity index (χ1n) is 6.57. The predicted octanol–water partition coefficient (Wildman–Crippen LogP) is -2.51. The summed E-state index contributed by atoms with van der Waals surface area (Å²) in [7, 11) is -19.0. The number of nitrogens with zero attached hydrogens (tertiary/aromatic N) is 2. The van der Waals surface area contributed by atoms with E-state index >= 15 is 0 Å². The van der Waals surface area contributed by atoms with Gasteiger partial charge in [-0.1, -0.05) is 0 Å².